The first-order chi connectivity index (χ1) is 15.7. The van der Waals surface area contributed by atoms with Gasteiger partial charge in [-0.05, 0) is 54.1 Å². The number of nitrogens with zero attached hydrogens (tertiary/aromatic N) is 4. The molecule has 0 unspecified atom stereocenters. The summed E-state index contributed by atoms with van der Waals surface area (Å²) in [5.41, 5.74) is 3.90. The molecule has 0 atom stereocenters. The first-order valence-electron chi connectivity index (χ1n) is 9.99. The Bertz CT molecular complexity index is 1300. The Balaban J connectivity index is 1.50. The Kier molecular flexibility index (Phi) is 5.43. The van der Waals surface area contributed by atoms with Gasteiger partial charge in [-0.3, -0.25) is 4.79 Å². The molecular weight excluding hydrogens is 422 g/mol. The Morgan fingerprint density at radius 2 is 1.72 bits per heavy atom. The van der Waals surface area contributed by atoms with Crippen LogP contribution in [0.5, 0.6) is 5.75 Å². The second kappa shape index (κ2) is 8.68. The van der Waals surface area contributed by atoms with Gasteiger partial charge in [0.15, 0.2) is 5.82 Å². The number of carbonyl (C=O) groups excluding carboxylic acids is 1. The van der Waals surface area contributed by atoms with Gasteiger partial charge >= 0.3 is 0 Å². The third-order valence-electron chi connectivity index (χ3n) is 5.05. The summed E-state index contributed by atoms with van der Waals surface area (Å²) in [4.78, 5) is 12.7. The van der Waals surface area contributed by atoms with Gasteiger partial charge in [0.25, 0.3) is 5.91 Å². The summed E-state index contributed by atoms with van der Waals surface area (Å²) in [6.45, 7) is 0. The molecule has 158 valence electrons. The normalized spacial score (nSPS) is 12.6. The molecule has 4 aromatic rings. The number of methoxy groups -OCH3 is 1. The Morgan fingerprint density at radius 1 is 0.969 bits per heavy atom. The van der Waals surface area contributed by atoms with Crippen LogP contribution in [0.4, 0.5) is 5.69 Å². The number of anilines is 1. The zero-order valence-corrected chi connectivity index (χ0v) is 18.0. The fourth-order valence-electron chi connectivity index (χ4n) is 3.39. The summed E-state index contributed by atoms with van der Waals surface area (Å²) in [5, 5.41) is 17.2. The lowest BCUT2D eigenvalue weighted by atomic mass is 10.1. The van der Waals surface area contributed by atoms with Crippen molar-refractivity contribution in [1.29, 1.82) is 0 Å². The van der Waals surface area contributed by atoms with Gasteiger partial charge in [0, 0.05) is 16.9 Å². The lowest BCUT2D eigenvalue weighted by molar-refractivity contribution is 0.102. The summed E-state index contributed by atoms with van der Waals surface area (Å²) >= 11 is 1.57. The van der Waals surface area contributed by atoms with E-state index >= 15 is 0 Å². The second-order valence-corrected chi connectivity index (χ2v) is 7.99. The molecule has 7 nitrogen and oxygen atoms in total. The van der Waals surface area contributed by atoms with Crippen LogP contribution in [0.3, 0.4) is 0 Å². The monoisotopic (exact) mass is 441 g/mol. The van der Waals surface area contributed by atoms with E-state index in [2.05, 4.69) is 15.5 Å². The van der Waals surface area contributed by atoms with E-state index in [4.69, 9.17) is 9.84 Å². The average Bonchev–Trinajstić information content (AvgIpc) is 3.28. The molecule has 0 spiro atoms. The number of carbonyl (C=O) groups is 1. The quantitative estimate of drug-likeness (QED) is 0.491. The van der Waals surface area contributed by atoms with E-state index in [-0.39, 0.29) is 5.91 Å². The van der Waals surface area contributed by atoms with E-state index in [1.165, 1.54) is 0 Å². The van der Waals surface area contributed by atoms with Crippen molar-refractivity contribution in [1.82, 2.24) is 14.9 Å². The molecule has 0 aliphatic carbocycles. The molecule has 5 rings (SSSR count). The third-order valence-corrected chi connectivity index (χ3v) is 5.98. The molecule has 1 N–H and O–H groups in total. The topological polar surface area (TPSA) is 81.4 Å². The summed E-state index contributed by atoms with van der Waals surface area (Å²) < 4.78 is 6.99. The Hall–Kier alpha value is -3.91. The second-order valence-electron chi connectivity index (χ2n) is 7.05. The standard InChI is InChI=1S/C24H19N5O2S/c1-31-18-13-11-16(12-14-18)21-15-32-24-27-26-22(29(24)28-21)19-9-5-6-10-20(19)25-23(30)17-7-3-2-4-8-17/h2-14H,15H2,1H3,(H,25,30). The van der Waals surface area contributed by atoms with Gasteiger partial charge < -0.3 is 10.1 Å². The Labute approximate surface area is 189 Å². The highest BCUT2D eigenvalue weighted by atomic mass is 32.2. The fraction of sp³-hybridized carbons (Fsp3) is 0.0833. The Morgan fingerprint density at radius 3 is 2.50 bits per heavy atom. The number of ether oxygens (including phenoxy) is 1. The molecule has 0 fully saturated rings. The summed E-state index contributed by atoms with van der Waals surface area (Å²) in [5.74, 6) is 1.87. The molecular formula is C24H19N5O2S. The number of rotatable bonds is 5. The SMILES string of the molecule is COc1ccc(C2=Nn3c(nnc3-c3ccccc3NC(=O)c3ccccc3)SC2)cc1. The van der Waals surface area contributed by atoms with E-state index in [0.29, 0.717) is 28.0 Å². The number of hydrogen-bond acceptors (Lipinski definition) is 6. The van der Waals surface area contributed by atoms with Crippen LogP contribution in [0.1, 0.15) is 15.9 Å². The van der Waals surface area contributed by atoms with Gasteiger partial charge in [0.1, 0.15) is 5.75 Å². The van der Waals surface area contributed by atoms with Crippen molar-refractivity contribution < 1.29 is 9.53 Å². The summed E-state index contributed by atoms with van der Waals surface area (Å²) in [6.07, 6.45) is 0. The zero-order chi connectivity index (χ0) is 21.9. The third kappa shape index (κ3) is 3.88. The zero-order valence-electron chi connectivity index (χ0n) is 17.2. The van der Waals surface area contributed by atoms with E-state index in [9.17, 15) is 4.79 Å². The highest BCUT2D eigenvalue weighted by Crippen LogP contribution is 2.32. The number of para-hydroxylation sites is 1. The lowest BCUT2D eigenvalue weighted by Gasteiger charge is -2.15. The van der Waals surface area contributed by atoms with Crippen LogP contribution >= 0.6 is 11.8 Å². The maximum atomic E-state index is 12.7. The van der Waals surface area contributed by atoms with Crippen molar-refractivity contribution in [3.8, 4) is 17.1 Å². The van der Waals surface area contributed by atoms with Crippen molar-refractivity contribution in [2.75, 3.05) is 18.2 Å². The molecule has 0 radical (unpaired) electrons. The molecule has 0 saturated heterocycles. The van der Waals surface area contributed by atoms with Gasteiger partial charge in [-0.1, -0.05) is 42.1 Å². The molecule has 1 aromatic heterocycles. The summed E-state index contributed by atoms with van der Waals surface area (Å²) in [6, 6.07) is 24.4. The van der Waals surface area contributed by atoms with Crippen LogP contribution in [0.15, 0.2) is 89.1 Å². The first-order valence-corrected chi connectivity index (χ1v) is 11.0. The highest BCUT2D eigenvalue weighted by Gasteiger charge is 2.22. The number of benzene rings is 3. The predicted molar refractivity (Wildman–Crippen MR) is 126 cm³/mol. The van der Waals surface area contributed by atoms with E-state index in [1.807, 2.05) is 66.7 Å². The largest absolute Gasteiger partial charge is 0.497 e. The van der Waals surface area contributed by atoms with Gasteiger partial charge in [-0.15, -0.1) is 10.2 Å². The molecule has 0 saturated carbocycles. The average molecular weight is 442 g/mol. The van der Waals surface area contributed by atoms with Gasteiger partial charge in [-0.2, -0.15) is 9.78 Å². The fourth-order valence-corrected chi connectivity index (χ4v) is 4.23. The molecule has 32 heavy (non-hydrogen) atoms. The summed E-state index contributed by atoms with van der Waals surface area (Å²) in [7, 11) is 1.65. The van der Waals surface area contributed by atoms with Crippen LogP contribution < -0.4 is 10.1 Å². The van der Waals surface area contributed by atoms with Crippen LogP contribution in [-0.2, 0) is 0 Å². The first kappa shape index (κ1) is 20.0. The predicted octanol–water partition coefficient (Wildman–Crippen LogP) is 4.56. The number of amides is 1. The highest BCUT2D eigenvalue weighted by molar-refractivity contribution is 7.99. The van der Waals surface area contributed by atoms with E-state index in [0.717, 1.165) is 22.6 Å². The maximum absolute atomic E-state index is 12.7. The van der Waals surface area contributed by atoms with Crippen LogP contribution in [0, 0.1) is 0 Å². The van der Waals surface area contributed by atoms with Crippen LogP contribution in [0.2, 0.25) is 0 Å². The van der Waals surface area contributed by atoms with Crippen molar-refractivity contribution in [3.05, 3.63) is 90.0 Å². The minimum atomic E-state index is -0.187. The number of thioether (sulfide) groups is 1. The smallest absolute Gasteiger partial charge is 0.255 e. The van der Waals surface area contributed by atoms with Crippen molar-refractivity contribution in [2.24, 2.45) is 5.10 Å². The minimum absolute atomic E-state index is 0.187. The molecule has 0 bridgehead atoms. The minimum Gasteiger partial charge on any atom is -0.497 e. The number of fused-ring (bicyclic) bond motifs is 1. The van der Waals surface area contributed by atoms with Crippen molar-refractivity contribution in [3.63, 3.8) is 0 Å². The van der Waals surface area contributed by atoms with Gasteiger partial charge in [0.2, 0.25) is 5.16 Å². The number of hydrogen-bond donors (Lipinski definition) is 1. The molecule has 1 aliphatic rings. The molecule has 1 aliphatic heterocycles. The molecule has 8 heteroatoms. The molecule has 3 aromatic carbocycles. The molecule has 2 heterocycles. The molecule has 1 amide bonds. The lowest BCUT2D eigenvalue weighted by Crippen LogP contribution is -2.15. The van der Waals surface area contributed by atoms with E-state index in [1.54, 1.807) is 35.7 Å². The van der Waals surface area contributed by atoms with Crippen molar-refractivity contribution in [2.45, 2.75) is 5.16 Å². The number of nitrogens with one attached hydrogen (secondary N) is 1. The number of aromatic nitrogens is 3. The maximum Gasteiger partial charge on any atom is 0.255 e. The van der Waals surface area contributed by atoms with Crippen molar-refractivity contribution >= 4 is 29.1 Å². The van der Waals surface area contributed by atoms with Gasteiger partial charge in [-0.25, -0.2) is 0 Å². The van der Waals surface area contributed by atoms with Crippen LogP contribution in [-0.4, -0.2) is 39.4 Å². The van der Waals surface area contributed by atoms with Gasteiger partial charge in [0.05, 0.1) is 18.5 Å². The van der Waals surface area contributed by atoms with E-state index < -0.39 is 0 Å². The van der Waals surface area contributed by atoms with Crippen LogP contribution in [0.25, 0.3) is 11.4 Å².